The van der Waals surface area contributed by atoms with Crippen molar-refractivity contribution in [3.05, 3.63) is 34.2 Å². The molecule has 1 unspecified atom stereocenters. The van der Waals surface area contributed by atoms with Gasteiger partial charge in [0.05, 0.1) is 12.8 Å². The largest absolute Gasteiger partial charge is 0.495 e. The van der Waals surface area contributed by atoms with Crippen LogP contribution in [-0.2, 0) is 4.79 Å². The molecule has 0 aromatic heterocycles. The van der Waals surface area contributed by atoms with Crippen molar-refractivity contribution in [1.82, 2.24) is 0 Å². The van der Waals surface area contributed by atoms with E-state index < -0.39 is 0 Å². The van der Waals surface area contributed by atoms with E-state index in [0.717, 1.165) is 11.3 Å². The maximum atomic E-state index is 12.0. The lowest BCUT2D eigenvalue weighted by molar-refractivity contribution is -0.117. The molecule has 0 N–H and O–H groups in total. The Morgan fingerprint density at radius 1 is 1.58 bits per heavy atom. The molecule has 1 amide bonds. The lowest BCUT2D eigenvalue weighted by Gasteiger charge is -2.19. The molecule has 1 aromatic rings. The Morgan fingerprint density at radius 2 is 2.37 bits per heavy atom. The van der Waals surface area contributed by atoms with Crippen LogP contribution in [0.1, 0.15) is 12.0 Å². The number of rotatable bonds is 4. The molecule has 1 aromatic carbocycles. The normalized spacial score (nSPS) is 18.3. The van der Waals surface area contributed by atoms with Gasteiger partial charge in [0.15, 0.2) is 0 Å². The minimum atomic E-state index is 0.0419. The zero-order chi connectivity index (χ0) is 13.8. The molecule has 1 aliphatic rings. The third kappa shape index (κ3) is 2.80. The van der Waals surface area contributed by atoms with Gasteiger partial charge in [-0.1, -0.05) is 11.2 Å². The van der Waals surface area contributed by atoms with Gasteiger partial charge in [0.1, 0.15) is 5.75 Å². The summed E-state index contributed by atoms with van der Waals surface area (Å²) < 4.78 is 5.33. The number of azide groups is 1. The third-order valence-electron chi connectivity index (χ3n) is 3.23. The number of hydrogen-bond acceptors (Lipinski definition) is 3. The van der Waals surface area contributed by atoms with Gasteiger partial charge >= 0.3 is 0 Å². The first kappa shape index (κ1) is 13.2. The predicted octanol–water partition coefficient (Wildman–Crippen LogP) is 2.67. The molecule has 0 radical (unpaired) electrons. The number of methoxy groups -OCH3 is 1. The van der Waals surface area contributed by atoms with Gasteiger partial charge in [-0.3, -0.25) is 4.79 Å². The Bertz CT molecular complexity index is 537. The first-order valence-corrected chi connectivity index (χ1v) is 6.11. The molecule has 0 aliphatic carbocycles. The van der Waals surface area contributed by atoms with Crippen LogP contribution in [0.5, 0.6) is 5.75 Å². The molecule has 19 heavy (non-hydrogen) atoms. The summed E-state index contributed by atoms with van der Waals surface area (Å²) in [5, 5.41) is 3.54. The highest BCUT2D eigenvalue weighted by molar-refractivity contribution is 5.97. The SMILES string of the molecule is COc1cc(C)ccc1N1CC(CN=[N+]=[N-])CC1=O. The third-order valence-corrected chi connectivity index (χ3v) is 3.23. The molecule has 1 fully saturated rings. The average Bonchev–Trinajstić information content (AvgIpc) is 2.77. The lowest BCUT2D eigenvalue weighted by Crippen LogP contribution is -2.25. The van der Waals surface area contributed by atoms with Gasteiger partial charge in [-0.05, 0) is 36.1 Å². The quantitative estimate of drug-likeness (QED) is 0.474. The minimum Gasteiger partial charge on any atom is -0.495 e. The summed E-state index contributed by atoms with van der Waals surface area (Å²) in [6.07, 6.45) is 0.413. The van der Waals surface area contributed by atoms with Crippen LogP contribution in [0.4, 0.5) is 5.69 Å². The van der Waals surface area contributed by atoms with Gasteiger partial charge in [0.25, 0.3) is 0 Å². The van der Waals surface area contributed by atoms with Gasteiger partial charge in [-0.2, -0.15) is 0 Å². The van der Waals surface area contributed by atoms with Crippen molar-refractivity contribution in [3.63, 3.8) is 0 Å². The van der Waals surface area contributed by atoms with Gasteiger partial charge in [-0.15, -0.1) is 0 Å². The molecule has 6 heteroatoms. The van der Waals surface area contributed by atoms with E-state index in [9.17, 15) is 4.79 Å². The van der Waals surface area contributed by atoms with Crippen molar-refractivity contribution in [2.75, 3.05) is 25.1 Å². The number of nitrogens with zero attached hydrogens (tertiary/aromatic N) is 4. The van der Waals surface area contributed by atoms with Gasteiger partial charge in [0, 0.05) is 24.4 Å². The van der Waals surface area contributed by atoms with E-state index in [1.165, 1.54) is 0 Å². The van der Waals surface area contributed by atoms with E-state index in [0.29, 0.717) is 25.3 Å². The highest BCUT2D eigenvalue weighted by Crippen LogP contribution is 2.33. The lowest BCUT2D eigenvalue weighted by atomic mass is 10.1. The second-order valence-corrected chi connectivity index (χ2v) is 4.66. The summed E-state index contributed by atoms with van der Waals surface area (Å²) in [5.74, 6) is 0.812. The summed E-state index contributed by atoms with van der Waals surface area (Å²) in [6, 6.07) is 5.75. The van der Waals surface area contributed by atoms with E-state index in [2.05, 4.69) is 10.0 Å². The molecule has 100 valence electrons. The number of carbonyl (C=O) groups is 1. The highest BCUT2D eigenvalue weighted by atomic mass is 16.5. The van der Waals surface area contributed by atoms with Gasteiger partial charge in [0.2, 0.25) is 5.91 Å². The van der Waals surface area contributed by atoms with E-state index in [1.54, 1.807) is 12.0 Å². The maximum absolute atomic E-state index is 12.0. The van der Waals surface area contributed by atoms with Crippen molar-refractivity contribution in [1.29, 1.82) is 0 Å². The van der Waals surface area contributed by atoms with Gasteiger partial charge in [-0.25, -0.2) is 0 Å². The van der Waals surface area contributed by atoms with Crippen molar-refractivity contribution in [2.24, 2.45) is 11.0 Å². The van der Waals surface area contributed by atoms with Crippen LogP contribution in [0, 0.1) is 12.8 Å². The Labute approximate surface area is 111 Å². The molecule has 1 aliphatic heterocycles. The van der Waals surface area contributed by atoms with Crippen molar-refractivity contribution in [2.45, 2.75) is 13.3 Å². The zero-order valence-electron chi connectivity index (χ0n) is 11.0. The fourth-order valence-corrected chi connectivity index (χ4v) is 2.30. The highest BCUT2D eigenvalue weighted by Gasteiger charge is 2.31. The number of hydrogen-bond donors (Lipinski definition) is 0. The summed E-state index contributed by atoms with van der Waals surface area (Å²) in [4.78, 5) is 16.5. The molecule has 1 atom stereocenters. The van der Waals surface area contributed by atoms with Crippen LogP contribution in [-0.4, -0.2) is 26.1 Å². The smallest absolute Gasteiger partial charge is 0.227 e. The molecule has 6 nitrogen and oxygen atoms in total. The first-order valence-electron chi connectivity index (χ1n) is 6.11. The van der Waals surface area contributed by atoms with Crippen LogP contribution >= 0.6 is 0 Å². The topological polar surface area (TPSA) is 78.3 Å². The monoisotopic (exact) mass is 260 g/mol. The van der Waals surface area contributed by atoms with Crippen LogP contribution < -0.4 is 9.64 Å². The van der Waals surface area contributed by atoms with E-state index in [-0.39, 0.29) is 11.8 Å². The van der Waals surface area contributed by atoms with Crippen molar-refractivity contribution >= 4 is 11.6 Å². The maximum Gasteiger partial charge on any atom is 0.227 e. The number of amides is 1. The van der Waals surface area contributed by atoms with E-state index in [1.807, 2.05) is 25.1 Å². The molecule has 0 spiro atoms. The second kappa shape index (κ2) is 5.63. The minimum absolute atomic E-state index is 0.0419. The van der Waals surface area contributed by atoms with Crippen molar-refractivity contribution in [3.8, 4) is 5.75 Å². The number of aryl methyl sites for hydroxylation is 1. The standard InChI is InChI=1S/C13H16N4O2/c1-9-3-4-11(12(5-9)19-2)17-8-10(6-13(17)18)7-15-16-14/h3-5,10H,6-8H2,1-2H3. The molecule has 1 heterocycles. The summed E-state index contributed by atoms with van der Waals surface area (Å²) >= 11 is 0. The molecule has 0 bridgehead atoms. The summed E-state index contributed by atoms with van der Waals surface area (Å²) in [7, 11) is 1.59. The van der Waals surface area contributed by atoms with Crippen LogP contribution in [0.2, 0.25) is 0 Å². The fraction of sp³-hybridized carbons (Fsp3) is 0.462. The van der Waals surface area contributed by atoms with E-state index >= 15 is 0 Å². The molecule has 0 saturated carbocycles. The van der Waals surface area contributed by atoms with Crippen LogP contribution in [0.15, 0.2) is 23.3 Å². The zero-order valence-corrected chi connectivity index (χ0v) is 11.0. The number of anilines is 1. The predicted molar refractivity (Wildman–Crippen MR) is 72.2 cm³/mol. The Morgan fingerprint density at radius 3 is 3.05 bits per heavy atom. The molecular weight excluding hydrogens is 244 g/mol. The molecule has 2 rings (SSSR count). The van der Waals surface area contributed by atoms with Crippen LogP contribution in [0.3, 0.4) is 0 Å². The number of benzene rings is 1. The van der Waals surface area contributed by atoms with E-state index in [4.69, 9.17) is 10.3 Å². The number of ether oxygens (including phenoxy) is 1. The van der Waals surface area contributed by atoms with Gasteiger partial charge < -0.3 is 9.64 Å². The second-order valence-electron chi connectivity index (χ2n) is 4.66. The van der Waals surface area contributed by atoms with Crippen LogP contribution in [0.25, 0.3) is 10.4 Å². The summed E-state index contributed by atoms with van der Waals surface area (Å²) in [5.41, 5.74) is 10.2. The molecule has 1 saturated heterocycles. The Kier molecular flexibility index (Phi) is 3.92. The van der Waals surface area contributed by atoms with Crippen molar-refractivity contribution < 1.29 is 9.53 Å². The Hall–Kier alpha value is -2.20. The average molecular weight is 260 g/mol. The Balaban J connectivity index is 2.22. The molecular formula is C13H16N4O2. The fourth-order valence-electron chi connectivity index (χ4n) is 2.30. The summed E-state index contributed by atoms with van der Waals surface area (Å²) in [6.45, 7) is 2.90. The first-order chi connectivity index (χ1) is 9.15. The number of carbonyl (C=O) groups excluding carboxylic acids is 1.